The molecule has 15 heavy (non-hydrogen) atoms. The Bertz CT molecular complexity index is 370. The lowest BCUT2D eigenvalue weighted by molar-refractivity contribution is 0.0160. The van der Waals surface area contributed by atoms with Crippen LogP contribution in [0.5, 0.6) is 0 Å². The van der Waals surface area contributed by atoms with Gasteiger partial charge in [-0.15, -0.1) is 11.6 Å². The lowest BCUT2D eigenvalue weighted by Gasteiger charge is -2.18. The Kier molecular flexibility index (Phi) is 3.28. The Balaban J connectivity index is 3.21. The van der Waals surface area contributed by atoms with Gasteiger partial charge < -0.3 is 0 Å². The molecule has 5 heteroatoms. The van der Waals surface area contributed by atoms with Crippen molar-refractivity contribution in [1.82, 2.24) is 0 Å². The minimum absolute atomic E-state index is 0.0845. The third-order valence-corrected chi connectivity index (χ3v) is 2.61. The van der Waals surface area contributed by atoms with E-state index >= 15 is 0 Å². The van der Waals surface area contributed by atoms with Crippen LogP contribution in [0.2, 0.25) is 0 Å². The van der Waals surface area contributed by atoms with Crippen LogP contribution in [0.25, 0.3) is 0 Å². The molecule has 0 aliphatic heterocycles. The second-order valence-electron chi connectivity index (χ2n) is 3.44. The largest absolute Gasteiger partial charge is 0.265 e. The zero-order chi connectivity index (χ0) is 11.8. The van der Waals surface area contributed by atoms with Gasteiger partial charge in [0.1, 0.15) is 17.0 Å². The number of benzene rings is 1. The van der Waals surface area contributed by atoms with Gasteiger partial charge in [0.2, 0.25) is 0 Å². The maximum Gasteiger partial charge on any atom is 0.265 e. The molecule has 0 N–H and O–H groups in total. The summed E-state index contributed by atoms with van der Waals surface area (Å²) in [6.45, 7) is 1.94. The molecule has 84 valence electrons. The molecule has 0 nitrogen and oxygen atoms in total. The zero-order valence-electron chi connectivity index (χ0n) is 8.12. The standard InChI is InChI=1S/C10H9ClF4/c1-5-3-6(8(13)4-7(5)12)9(11)10(2,14)15/h3-4,9H,1-2H3. The maximum absolute atomic E-state index is 13.2. The second-order valence-corrected chi connectivity index (χ2v) is 3.88. The summed E-state index contributed by atoms with van der Waals surface area (Å²) in [5.41, 5.74) is -0.302. The number of alkyl halides is 3. The molecule has 0 aliphatic rings. The van der Waals surface area contributed by atoms with E-state index in [4.69, 9.17) is 11.6 Å². The molecule has 1 unspecified atom stereocenters. The summed E-state index contributed by atoms with van der Waals surface area (Å²) in [5.74, 6) is -5.09. The monoisotopic (exact) mass is 240 g/mol. The summed E-state index contributed by atoms with van der Waals surface area (Å²) < 4.78 is 51.6. The van der Waals surface area contributed by atoms with Crippen LogP contribution in [0.3, 0.4) is 0 Å². The predicted molar refractivity (Wildman–Crippen MR) is 50.3 cm³/mol. The van der Waals surface area contributed by atoms with Gasteiger partial charge in [-0.2, -0.15) is 0 Å². The van der Waals surface area contributed by atoms with Gasteiger partial charge in [-0.1, -0.05) is 0 Å². The minimum atomic E-state index is -3.26. The average molecular weight is 241 g/mol. The first-order valence-electron chi connectivity index (χ1n) is 4.21. The Morgan fingerprint density at radius 2 is 1.73 bits per heavy atom. The topological polar surface area (TPSA) is 0 Å². The van der Waals surface area contributed by atoms with E-state index in [-0.39, 0.29) is 11.1 Å². The molecule has 0 saturated heterocycles. The van der Waals surface area contributed by atoms with Crippen molar-refractivity contribution in [3.05, 3.63) is 34.9 Å². The quantitative estimate of drug-likeness (QED) is 0.537. The third kappa shape index (κ3) is 2.62. The number of halogens is 5. The fourth-order valence-corrected chi connectivity index (χ4v) is 1.31. The fraction of sp³-hybridized carbons (Fsp3) is 0.400. The third-order valence-electron chi connectivity index (χ3n) is 2.00. The van der Waals surface area contributed by atoms with Crippen molar-refractivity contribution in [3.63, 3.8) is 0 Å². The van der Waals surface area contributed by atoms with E-state index in [2.05, 4.69) is 0 Å². The van der Waals surface area contributed by atoms with Crippen LogP contribution in [0.4, 0.5) is 17.6 Å². The first kappa shape index (κ1) is 12.3. The molecule has 0 saturated carbocycles. The van der Waals surface area contributed by atoms with Crippen LogP contribution in [0, 0.1) is 18.6 Å². The Hall–Kier alpha value is -0.770. The van der Waals surface area contributed by atoms with Crippen LogP contribution in [0.1, 0.15) is 23.4 Å². The predicted octanol–water partition coefficient (Wildman–Crippen LogP) is 4.21. The minimum Gasteiger partial charge on any atom is -0.207 e. The summed E-state index contributed by atoms with van der Waals surface area (Å²) in [6.07, 6.45) is 0. The molecule has 0 heterocycles. The molecule has 0 amide bonds. The first-order chi connectivity index (χ1) is 6.73. The molecule has 0 fully saturated rings. The summed E-state index contributed by atoms with van der Waals surface area (Å²) in [5, 5.41) is -1.79. The molecule has 0 aliphatic carbocycles. The highest BCUT2D eigenvalue weighted by Crippen LogP contribution is 2.38. The van der Waals surface area contributed by atoms with Crippen LogP contribution in [0.15, 0.2) is 12.1 Å². The van der Waals surface area contributed by atoms with Gasteiger partial charge in [-0.05, 0) is 18.6 Å². The van der Waals surface area contributed by atoms with E-state index in [1.54, 1.807) is 0 Å². The highest BCUT2D eigenvalue weighted by molar-refractivity contribution is 6.21. The van der Waals surface area contributed by atoms with Crippen LogP contribution < -0.4 is 0 Å². The molecule has 1 atom stereocenters. The second kappa shape index (κ2) is 4.00. The van der Waals surface area contributed by atoms with Crippen LogP contribution in [-0.4, -0.2) is 5.92 Å². The molecular weight excluding hydrogens is 232 g/mol. The molecule has 0 bridgehead atoms. The summed E-state index contributed by atoms with van der Waals surface area (Å²) >= 11 is 5.40. The van der Waals surface area contributed by atoms with Crippen molar-refractivity contribution in [2.24, 2.45) is 0 Å². The molecule has 1 rings (SSSR count). The van der Waals surface area contributed by atoms with Crippen LogP contribution in [-0.2, 0) is 0 Å². The lowest BCUT2D eigenvalue weighted by Crippen LogP contribution is -2.18. The van der Waals surface area contributed by atoms with E-state index < -0.39 is 22.9 Å². The molecular formula is C10H9ClF4. The van der Waals surface area contributed by atoms with E-state index in [1.165, 1.54) is 6.92 Å². The molecule has 0 spiro atoms. The lowest BCUT2D eigenvalue weighted by atomic mass is 10.0. The zero-order valence-corrected chi connectivity index (χ0v) is 8.88. The first-order valence-corrected chi connectivity index (χ1v) is 4.64. The summed E-state index contributed by atoms with van der Waals surface area (Å²) in [6, 6.07) is 1.56. The SMILES string of the molecule is Cc1cc(C(Cl)C(C)(F)F)c(F)cc1F. The Morgan fingerprint density at radius 1 is 1.20 bits per heavy atom. The van der Waals surface area contributed by atoms with E-state index in [9.17, 15) is 17.6 Å². The van der Waals surface area contributed by atoms with Crippen molar-refractivity contribution in [2.75, 3.05) is 0 Å². The van der Waals surface area contributed by atoms with Gasteiger partial charge in [0.05, 0.1) is 0 Å². The Labute approximate surface area is 89.9 Å². The maximum atomic E-state index is 13.2. The molecule has 1 aromatic carbocycles. The normalized spacial score (nSPS) is 14.1. The van der Waals surface area contributed by atoms with Crippen molar-refractivity contribution in [3.8, 4) is 0 Å². The van der Waals surface area contributed by atoms with Crippen molar-refractivity contribution < 1.29 is 17.6 Å². The average Bonchev–Trinajstić information content (AvgIpc) is 2.08. The van der Waals surface area contributed by atoms with Gasteiger partial charge in [-0.3, -0.25) is 0 Å². The van der Waals surface area contributed by atoms with Crippen molar-refractivity contribution in [1.29, 1.82) is 0 Å². The molecule has 0 aromatic heterocycles. The van der Waals surface area contributed by atoms with Crippen molar-refractivity contribution in [2.45, 2.75) is 25.1 Å². The number of aryl methyl sites for hydroxylation is 1. The van der Waals surface area contributed by atoms with Crippen LogP contribution >= 0.6 is 11.6 Å². The molecule has 0 radical (unpaired) electrons. The Morgan fingerprint density at radius 3 is 2.20 bits per heavy atom. The number of hydrogen-bond donors (Lipinski definition) is 0. The van der Waals surface area contributed by atoms with Gasteiger partial charge in [0.25, 0.3) is 5.92 Å². The number of rotatable bonds is 2. The van der Waals surface area contributed by atoms with Gasteiger partial charge in [0.15, 0.2) is 0 Å². The van der Waals surface area contributed by atoms with E-state index in [0.29, 0.717) is 13.0 Å². The smallest absolute Gasteiger partial charge is 0.207 e. The summed E-state index contributed by atoms with van der Waals surface area (Å²) in [4.78, 5) is 0. The molecule has 1 aromatic rings. The highest BCUT2D eigenvalue weighted by atomic mass is 35.5. The van der Waals surface area contributed by atoms with E-state index in [1.807, 2.05) is 0 Å². The summed E-state index contributed by atoms with van der Waals surface area (Å²) in [7, 11) is 0. The van der Waals surface area contributed by atoms with Crippen molar-refractivity contribution >= 4 is 11.6 Å². The van der Waals surface area contributed by atoms with E-state index in [0.717, 1.165) is 6.07 Å². The van der Waals surface area contributed by atoms with Gasteiger partial charge in [0, 0.05) is 18.6 Å². The fourth-order valence-electron chi connectivity index (χ4n) is 1.15. The van der Waals surface area contributed by atoms with Gasteiger partial charge >= 0.3 is 0 Å². The number of hydrogen-bond acceptors (Lipinski definition) is 0. The highest BCUT2D eigenvalue weighted by Gasteiger charge is 2.35. The van der Waals surface area contributed by atoms with Gasteiger partial charge in [-0.25, -0.2) is 17.6 Å².